The topological polar surface area (TPSA) is 55.9 Å². The summed E-state index contributed by atoms with van der Waals surface area (Å²) in [6, 6.07) is 8.21. The molecule has 160 valence electrons. The fourth-order valence-corrected chi connectivity index (χ4v) is 4.31. The van der Waals surface area contributed by atoms with E-state index in [0.29, 0.717) is 19.5 Å². The number of carbonyl (C=O) groups is 2. The minimum absolute atomic E-state index is 0.0115. The highest BCUT2D eigenvalue weighted by molar-refractivity contribution is 6.00. The van der Waals surface area contributed by atoms with Crippen molar-refractivity contribution in [2.75, 3.05) is 55.6 Å². The van der Waals surface area contributed by atoms with Gasteiger partial charge in [-0.2, -0.15) is 0 Å². The number of unbranched alkanes of at least 4 members (excludes halogenated alkanes) is 1. The van der Waals surface area contributed by atoms with Gasteiger partial charge in [-0.15, -0.1) is 0 Å². The lowest BCUT2D eigenvalue weighted by atomic mass is 10.1. The van der Waals surface area contributed by atoms with Crippen molar-refractivity contribution in [3.63, 3.8) is 0 Å². The van der Waals surface area contributed by atoms with Crippen LogP contribution in [0.1, 0.15) is 46.0 Å². The first-order valence-electron chi connectivity index (χ1n) is 11.3. The van der Waals surface area contributed by atoms with E-state index in [1.807, 2.05) is 12.1 Å². The highest BCUT2D eigenvalue weighted by atomic mass is 16.2. The highest BCUT2D eigenvalue weighted by Crippen LogP contribution is 2.28. The maximum atomic E-state index is 12.5. The Kier molecular flexibility index (Phi) is 7.92. The van der Waals surface area contributed by atoms with Crippen molar-refractivity contribution in [3.8, 4) is 0 Å². The van der Waals surface area contributed by atoms with Crippen molar-refractivity contribution >= 4 is 23.2 Å². The predicted octanol–water partition coefficient (Wildman–Crippen LogP) is 2.88. The maximum Gasteiger partial charge on any atom is 0.227 e. The molecular weight excluding hydrogens is 364 g/mol. The Morgan fingerprint density at radius 2 is 1.72 bits per heavy atom. The van der Waals surface area contributed by atoms with E-state index in [-0.39, 0.29) is 17.7 Å². The summed E-state index contributed by atoms with van der Waals surface area (Å²) < 4.78 is 0. The van der Waals surface area contributed by atoms with E-state index in [4.69, 9.17) is 0 Å². The molecule has 1 aromatic carbocycles. The molecule has 6 nitrogen and oxygen atoms in total. The Bertz CT molecular complexity index is 666. The summed E-state index contributed by atoms with van der Waals surface area (Å²) in [7, 11) is 0. The molecule has 1 unspecified atom stereocenters. The zero-order valence-corrected chi connectivity index (χ0v) is 18.0. The molecule has 2 saturated heterocycles. The van der Waals surface area contributed by atoms with Gasteiger partial charge in [0.15, 0.2) is 0 Å². The van der Waals surface area contributed by atoms with E-state index in [0.717, 1.165) is 51.3 Å². The predicted molar refractivity (Wildman–Crippen MR) is 118 cm³/mol. The Labute approximate surface area is 175 Å². The van der Waals surface area contributed by atoms with E-state index >= 15 is 0 Å². The Balaban J connectivity index is 1.44. The molecule has 1 aromatic rings. The highest BCUT2D eigenvalue weighted by Gasteiger charge is 2.35. The summed E-state index contributed by atoms with van der Waals surface area (Å²) in [6.07, 6.45) is 4.86. The number of anilines is 2. The van der Waals surface area contributed by atoms with Crippen molar-refractivity contribution in [1.29, 1.82) is 0 Å². The quantitative estimate of drug-likeness (QED) is 0.614. The number of nitrogens with one attached hydrogen (secondary N) is 1. The maximum absolute atomic E-state index is 12.5. The molecule has 29 heavy (non-hydrogen) atoms. The van der Waals surface area contributed by atoms with Crippen LogP contribution in [0.5, 0.6) is 0 Å². The van der Waals surface area contributed by atoms with Gasteiger partial charge >= 0.3 is 0 Å². The van der Waals surface area contributed by atoms with Crippen LogP contribution in [-0.2, 0) is 9.59 Å². The lowest BCUT2D eigenvalue weighted by Gasteiger charge is -2.21. The molecule has 1 N–H and O–H groups in total. The van der Waals surface area contributed by atoms with Gasteiger partial charge in [0.25, 0.3) is 0 Å². The summed E-state index contributed by atoms with van der Waals surface area (Å²) in [5.41, 5.74) is 2.12. The van der Waals surface area contributed by atoms with Crippen LogP contribution in [0.4, 0.5) is 11.4 Å². The SMILES string of the molecule is CCN(CC)CCCCNC(=O)C1CC(=O)N(c2ccc(N3CCCC3)cc2)C1. The first kappa shape index (κ1) is 21.6. The minimum Gasteiger partial charge on any atom is -0.372 e. The summed E-state index contributed by atoms with van der Waals surface area (Å²) in [6.45, 7) is 11.0. The molecule has 2 aliphatic heterocycles. The number of benzene rings is 1. The number of hydrogen-bond donors (Lipinski definition) is 1. The van der Waals surface area contributed by atoms with Crippen molar-refractivity contribution in [2.45, 2.75) is 46.0 Å². The van der Waals surface area contributed by atoms with Gasteiger partial charge in [-0.25, -0.2) is 0 Å². The van der Waals surface area contributed by atoms with Crippen molar-refractivity contribution in [1.82, 2.24) is 10.2 Å². The Hall–Kier alpha value is -2.08. The number of rotatable bonds is 10. The monoisotopic (exact) mass is 400 g/mol. The third-order valence-electron chi connectivity index (χ3n) is 6.22. The average molecular weight is 401 g/mol. The Morgan fingerprint density at radius 3 is 2.38 bits per heavy atom. The third-order valence-corrected chi connectivity index (χ3v) is 6.22. The van der Waals surface area contributed by atoms with Gasteiger partial charge in [-0.3, -0.25) is 9.59 Å². The van der Waals surface area contributed by atoms with Gasteiger partial charge in [0, 0.05) is 44.0 Å². The summed E-state index contributed by atoms with van der Waals surface area (Å²) in [4.78, 5) is 31.5. The number of nitrogens with zero attached hydrogens (tertiary/aromatic N) is 3. The normalized spacial score (nSPS) is 19.4. The molecule has 2 heterocycles. The van der Waals surface area contributed by atoms with E-state index in [1.165, 1.54) is 18.5 Å². The molecule has 0 spiro atoms. The number of hydrogen-bond acceptors (Lipinski definition) is 4. The van der Waals surface area contributed by atoms with Crippen molar-refractivity contribution in [2.24, 2.45) is 5.92 Å². The van der Waals surface area contributed by atoms with Gasteiger partial charge < -0.3 is 20.0 Å². The van der Waals surface area contributed by atoms with E-state index in [2.05, 4.69) is 41.1 Å². The van der Waals surface area contributed by atoms with Crippen LogP contribution in [0.15, 0.2) is 24.3 Å². The summed E-state index contributed by atoms with van der Waals surface area (Å²) in [5.74, 6) is -0.193. The summed E-state index contributed by atoms with van der Waals surface area (Å²) >= 11 is 0. The van der Waals surface area contributed by atoms with Gasteiger partial charge in [-0.1, -0.05) is 13.8 Å². The van der Waals surface area contributed by atoms with Crippen LogP contribution >= 0.6 is 0 Å². The largest absolute Gasteiger partial charge is 0.372 e. The minimum atomic E-state index is -0.247. The van der Waals surface area contributed by atoms with Gasteiger partial charge in [-0.05, 0) is 69.6 Å². The fourth-order valence-electron chi connectivity index (χ4n) is 4.31. The average Bonchev–Trinajstić information content (AvgIpc) is 3.41. The zero-order chi connectivity index (χ0) is 20.6. The molecule has 3 rings (SSSR count). The van der Waals surface area contributed by atoms with Gasteiger partial charge in [0.05, 0.1) is 5.92 Å². The first-order valence-corrected chi connectivity index (χ1v) is 11.3. The zero-order valence-electron chi connectivity index (χ0n) is 18.0. The standard InChI is InChI=1S/C23H36N4O2/c1-3-25(4-2)14-6-5-13-24-23(29)19-17-22(28)27(18-19)21-11-9-20(10-12-21)26-15-7-8-16-26/h9-12,19H,3-8,13-18H2,1-2H3,(H,24,29). The second-order valence-electron chi connectivity index (χ2n) is 8.14. The molecule has 0 aromatic heterocycles. The summed E-state index contributed by atoms with van der Waals surface area (Å²) in [5, 5.41) is 3.03. The molecule has 0 radical (unpaired) electrons. The molecule has 1 atom stereocenters. The molecular formula is C23H36N4O2. The fraction of sp³-hybridized carbons (Fsp3) is 0.652. The molecule has 0 aliphatic carbocycles. The van der Waals surface area contributed by atoms with Gasteiger partial charge in [0.2, 0.25) is 11.8 Å². The molecule has 0 saturated carbocycles. The number of amides is 2. The van der Waals surface area contributed by atoms with E-state index < -0.39 is 0 Å². The lowest BCUT2D eigenvalue weighted by molar-refractivity contribution is -0.126. The molecule has 2 aliphatic rings. The second-order valence-corrected chi connectivity index (χ2v) is 8.14. The molecule has 0 bridgehead atoms. The van der Waals surface area contributed by atoms with Crippen molar-refractivity contribution in [3.05, 3.63) is 24.3 Å². The van der Waals surface area contributed by atoms with Crippen LogP contribution in [0.25, 0.3) is 0 Å². The van der Waals surface area contributed by atoms with E-state index in [1.54, 1.807) is 4.90 Å². The Morgan fingerprint density at radius 1 is 1.07 bits per heavy atom. The lowest BCUT2D eigenvalue weighted by Crippen LogP contribution is -2.34. The van der Waals surface area contributed by atoms with Gasteiger partial charge in [0.1, 0.15) is 0 Å². The second kappa shape index (κ2) is 10.6. The third kappa shape index (κ3) is 5.72. The molecule has 2 amide bonds. The smallest absolute Gasteiger partial charge is 0.227 e. The first-order chi connectivity index (χ1) is 14.1. The van der Waals surface area contributed by atoms with Crippen LogP contribution in [0.2, 0.25) is 0 Å². The molecule has 2 fully saturated rings. The number of carbonyl (C=O) groups excluding carboxylic acids is 2. The van der Waals surface area contributed by atoms with Crippen LogP contribution in [0, 0.1) is 5.92 Å². The molecule has 6 heteroatoms. The van der Waals surface area contributed by atoms with Crippen LogP contribution in [-0.4, -0.2) is 62.5 Å². The van der Waals surface area contributed by atoms with Crippen LogP contribution in [0.3, 0.4) is 0 Å². The van der Waals surface area contributed by atoms with Crippen molar-refractivity contribution < 1.29 is 9.59 Å². The van der Waals surface area contributed by atoms with E-state index in [9.17, 15) is 9.59 Å². The van der Waals surface area contributed by atoms with Crippen LogP contribution < -0.4 is 15.1 Å².